The van der Waals surface area contributed by atoms with E-state index in [-0.39, 0.29) is 16.8 Å². The van der Waals surface area contributed by atoms with Crippen LogP contribution in [0.25, 0.3) is 0 Å². The van der Waals surface area contributed by atoms with Crippen molar-refractivity contribution in [2.45, 2.75) is 29.8 Å². The Labute approximate surface area is 189 Å². The van der Waals surface area contributed by atoms with Crippen LogP contribution in [0.2, 0.25) is 0 Å². The first-order chi connectivity index (χ1) is 15.4. The van der Waals surface area contributed by atoms with Gasteiger partial charge in [0.05, 0.1) is 10.9 Å². The first-order valence-corrected chi connectivity index (χ1v) is 12.2. The van der Waals surface area contributed by atoms with Crippen molar-refractivity contribution in [1.82, 2.24) is 14.5 Å². The first-order valence-electron chi connectivity index (χ1n) is 10.8. The van der Waals surface area contributed by atoms with E-state index in [1.807, 2.05) is 49.3 Å². The Kier molecular flexibility index (Phi) is 6.68. The number of benzene rings is 2. The summed E-state index contributed by atoms with van der Waals surface area (Å²) in [4.78, 5) is 15.2. The molecule has 8 nitrogen and oxygen atoms in total. The van der Waals surface area contributed by atoms with E-state index < -0.39 is 16.1 Å². The third kappa shape index (κ3) is 4.60. The highest BCUT2D eigenvalue weighted by Gasteiger charge is 2.40. The molecule has 2 aromatic carbocycles. The number of carbonyl (C=O) groups is 1. The molecule has 1 saturated heterocycles. The molecule has 0 spiro atoms. The molecule has 2 aliphatic heterocycles. The van der Waals surface area contributed by atoms with Gasteiger partial charge in [-0.3, -0.25) is 4.79 Å². The second kappa shape index (κ2) is 9.48. The summed E-state index contributed by atoms with van der Waals surface area (Å²) in [7, 11) is 0.0659. The van der Waals surface area contributed by atoms with Gasteiger partial charge in [0.25, 0.3) is 0 Å². The van der Waals surface area contributed by atoms with Gasteiger partial charge in [0.15, 0.2) is 11.5 Å². The van der Waals surface area contributed by atoms with Crippen molar-refractivity contribution in [1.29, 1.82) is 0 Å². The van der Waals surface area contributed by atoms with Gasteiger partial charge in [-0.15, -0.1) is 0 Å². The molecule has 0 bridgehead atoms. The summed E-state index contributed by atoms with van der Waals surface area (Å²) >= 11 is 0. The Morgan fingerprint density at radius 2 is 1.84 bits per heavy atom. The van der Waals surface area contributed by atoms with Gasteiger partial charge in [-0.05, 0) is 44.6 Å². The van der Waals surface area contributed by atoms with Crippen LogP contribution in [0.1, 0.15) is 24.4 Å². The summed E-state index contributed by atoms with van der Waals surface area (Å²) in [6.45, 7) is 1.51. The predicted octanol–water partition coefficient (Wildman–Crippen LogP) is 2.03. The zero-order valence-corrected chi connectivity index (χ0v) is 19.2. The van der Waals surface area contributed by atoms with Crippen molar-refractivity contribution in [2.24, 2.45) is 0 Å². The fraction of sp³-hybridized carbons (Fsp3) is 0.435. The lowest BCUT2D eigenvalue weighted by Gasteiger charge is -2.28. The quantitative estimate of drug-likeness (QED) is 0.682. The summed E-state index contributed by atoms with van der Waals surface area (Å²) in [5.74, 6) is 0.669. The molecule has 4 rings (SSSR count). The number of sulfonamides is 1. The molecule has 2 unspecified atom stereocenters. The average Bonchev–Trinajstić information content (AvgIpc) is 3.30. The number of nitrogens with zero attached hydrogens (tertiary/aromatic N) is 2. The number of hydrogen-bond acceptors (Lipinski definition) is 6. The van der Waals surface area contributed by atoms with Gasteiger partial charge in [-0.25, -0.2) is 8.42 Å². The standard InChI is InChI=1S/C23H29N3O5S/c1-25(2)20(17-7-4-3-5-8-17)16-24-23(27)19-9-6-12-26(19)32(28,29)18-10-11-21-22(15-18)31-14-13-30-21/h3-5,7-8,10-11,15,19-20H,6,9,12-14,16H2,1-2H3,(H,24,27). The third-order valence-electron chi connectivity index (χ3n) is 5.90. The highest BCUT2D eigenvalue weighted by atomic mass is 32.2. The van der Waals surface area contributed by atoms with Gasteiger partial charge in [0.1, 0.15) is 19.3 Å². The summed E-state index contributed by atoms with van der Waals surface area (Å²) in [6.07, 6.45) is 1.13. The average molecular weight is 460 g/mol. The Bertz CT molecular complexity index is 1060. The maximum absolute atomic E-state index is 13.3. The Balaban J connectivity index is 1.48. The van der Waals surface area contributed by atoms with E-state index >= 15 is 0 Å². The van der Waals surface area contributed by atoms with Crippen molar-refractivity contribution in [3.63, 3.8) is 0 Å². The number of amides is 1. The molecule has 32 heavy (non-hydrogen) atoms. The van der Waals surface area contributed by atoms with Crippen molar-refractivity contribution in [3.05, 3.63) is 54.1 Å². The SMILES string of the molecule is CN(C)C(CNC(=O)C1CCCN1S(=O)(=O)c1ccc2c(c1)OCCO2)c1ccccc1. The number of nitrogens with one attached hydrogen (secondary N) is 1. The maximum atomic E-state index is 13.3. The van der Waals surface area contributed by atoms with Crippen molar-refractivity contribution >= 4 is 15.9 Å². The van der Waals surface area contributed by atoms with Crippen LogP contribution in [0.5, 0.6) is 11.5 Å². The first kappa shape index (κ1) is 22.6. The summed E-state index contributed by atoms with van der Waals surface area (Å²) in [6, 6.07) is 13.8. The van der Waals surface area contributed by atoms with Gasteiger partial charge in [0, 0.05) is 19.2 Å². The van der Waals surface area contributed by atoms with E-state index in [9.17, 15) is 13.2 Å². The molecule has 1 fully saturated rings. The van der Waals surface area contributed by atoms with Crippen LogP contribution < -0.4 is 14.8 Å². The normalized spacial score (nSPS) is 19.7. The lowest BCUT2D eigenvalue weighted by molar-refractivity contribution is -0.124. The molecule has 2 atom stereocenters. The lowest BCUT2D eigenvalue weighted by Crippen LogP contribution is -2.47. The summed E-state index contributed by atoms with van der Waals surface area (Å²) < 4.78 is 39.0. The fourth-order valence-electron chi connectivity index (χ4n) is 4.20. The van der Waals surface area contributed by atoms with E-state index in [4.69, 9.17) is 9.47 Å². The molecule has 0 saturated carbocycles. The molecule has 9 heteroatoms. The second-order valence-corrected chi connectivity index (χ2v) is 10.1. The zero-order valence-electron chi connectivity index (χ0n) is 18.4. The molecule has 0 aromatic heterocycles. The smallest absolute Gasteiger partial charge is 0.243 e. The fourth-order valence-corrected chi connectivity index (χ4v) is 5.87. The van der Waals surface area contributed by atoms with Crippen LogP contribution in [0.3, 0.4) is 0 Å². The molecule has 172 valence electrons. The highest BCUT2D eigenvalue weighted by Crippen LogP contribution is 2.35. The number of fused-ring (bicyclic) bond motifs is 1. The second-order valence-electron chi connectivity index (χ2n) is 8.21. The van der Waals surface area contributed by atoms with Crippen LogP contribution in [0.4, 0.5) is 0 Å². The van der Waals surface area contributed by atoms with Crippen LogP contribution in [0, 0.1) is 0 Å². The Morgan fingerprint density at radius 1 is 1.12 bits per heavy atom. The minimum absolute atomic E-state index is 0.00981. The molecule has 0 radical (unpaired) electrons. The van der Waals surface area contributed by atoms with Crippen LogP contribution in [0.15, 0.2) is 53.4 Å². The minimum atomic E-state index is -3.85. The molecule has 0 aliphatic carbocycles. The summed E-state index contributed by atoms with van der Waals surface area (Å²) in [5, 5.41) is 2.98. The molecular formula is C23H29N3O5S. The molecular weight excluding hydrogens is 430 g/mol. The van der Waals surface area contributed by atoms with Crippen LogP contribution in [-0.2, 0) is 14.8 Å². The number of likely N-dealkylation sites (N-methyl/N-ethyl adjacent to an activating group) is 1. The van der Waals surface area contributed by atoms with Crippen molar-refractivity contribution < 1.29 is 22.7 Å². The molecule has 2 aromatic rings. The predicted molar refractivity (Wildman–Crippen MR) is 120 cm³/mol. The van der Waals surface area contributed by atoms with Crippen molar-refractivity contribution in [3.8, 4) is 11.5 Å². The Hall–Kier alpha value is -2.62. The van der Waals surface area contributed by atoms with Crippen LogP contribution >= 0.6 is 0 Å². The number of carbonyl (C=O) groups excluding carboxylic acids is 1. The summed E-state index contributed by atoms with van der Waals surface area (Å²) in [5.41, 5.74) is 1.09. The topological polar surface area (TPSA) is 88.2 Å². The Morgan fingerprint density at radius 3 is 2.56 bits per heavy atom. The molecule has 2 aliphatic rings. The third-order valence-corrected chi connectivity index (χ3v) is 7.81. The van der Waals surface area contributed by atoms with E-state index in [0.717, 1.165) is 5.56 Å². The largest absolute Gasteiger partial charge is 0.486 e. The molecule has 1 N–H and O–H groups in total. The highest BCUT2D eigenvalue weighted by molar-refractivity contribution is 7.89. The van der Waals surface area contributed by atoms with E-state index in [1.54, 1.807) is 6.07 Å². The number of hydrogen-bond donors (Lipinski definition) is 1. The number of ether oxygens (including phenoxy) is 2. The van der Waals surface area contributed by atoms with Gasteiger partial charge in [-0.1, -0.05) is 30.3 Å². The van der Waals surface area contributed by atoms with Gasteiger partial charge >= 0.3 is 0 Å². The monoisotopic (exact) mass is 459 g/mol. The van der Waals surface area contributed by atoms with E-state index in [0.29, 0.717) is 50.6 Å². The van der Waals surface area contributed by atoms with Crippen LogP contribution in [-0.4, -0.2) is 70.0 Å². The van der Waals surface area contributed by atoms with Gasteiger partial charge in [-0.2, -0.15) is 4.31 Å². The molecule has 2 heterocycles. The van der Waals surface area contributed by atoms with Gasteiger partial charge < -0.3 is 19.7 Å². The van der Waals surface area contributed by atoms with E-state index in [2.05, 4.69) is 5.32 Å². The van der Waals surface area contributed by atoms with Gasteiger partial charge in [0.2, 0.25) is 15.9 Å². The van der Waals surface area contributed by atoms with Crippen molar-refractivity contribution in [2.75, 3.05) is 40.4 Å². The van der Waals surface area contributed by atoms with E-state index in [1.165, 1.54) is 16.4 Å². The zero-order chi connectivity index (χ0) is 22.7. The maximum Gasteiger partial charge on any atom is 0.243 e. The lowest BCUT2D eigenvalue weighted by atomic mass is 10.1. The minimum Gasteiger partial charge on any atom is -0.486 e. The number of rotatable bonds is 7. The molecule has 1 amide bonds.